The van der Waals surface area contributed by atoms with Crippen LogP contribution in [0.2, 0.25) is 0 Å². The quantitative estimate of drug-likeness (QED) is 0.0329. The molecule has 0 aliphatic carbocycles. The van der Waals surface area contributed by atoms with Crippen LogP contribution in [-0.2, 0) is 33.3 Å². The van der Waals surface area contributed by atoms with Crippen LogP contribution in [-0.4, -0.2) is 82.3 Å². The molecule has 9 heteroatoms. The SMILES string of the molecule is CCCCCCCCCCCCCCCCCC(=O)OC(COC(=O)CCCCCCC)COC(OCC[N+](C)(C)C)C(=O)[O-]. The van der Waals surface area contributed by atoms with Gasteiger partial charge in [-0.15, -0.1) is 0 Å². The summed E-state index contributed by atoms with van der Waals surface area (Å²) in [7, 11) is 5.89. The van der Waals surface area contributed by atoms with Crippen LogP contribution >= 0.6 is 0 Å². The topological polar surface area (TPSA) is 111 Å². The summed E-state index contributed by atoms with van der Waals surface area (Å²) in [6.45, 7) is 4.64. The van der Waals surface area contributed by atoms with Crippen LogP contribution < -0.4 is 5.11 Å². The Bertz CT molecular complexity index is 724. The number of nitrogens with zero attached hydrogens (tertiary/aromatic N) is 1. The molecule has 0 aromatic carbocycles. The van der Waals surface area contributed by atoms with Crippen molar-refractivity contribution in [1.29, 1.82) is 0 Å². The van der Waals surface area contributed by atoms with Crippen molar-refractivity contribution >= 4 is 17.9 Å². The van der Waals surface area contributed by atoms with Gasteiger partial charge in [-0.05, 0) is 12.8 Å². The van der Waals surface area contributed by atoms with Crippen molar-refractivity contribution in [2.75, 3.05) is 47.5 Å². The number of carboxylic acids is 1. The van der Waals surface area contributed by atoms with E-state index in [1.165, 1.54) is 77.0 Å². The largest absolute Gasteiger partial charge is 0.545 e. The van der Waals surface area contributed by atoms with Crippen molar-refractivity contribution in [2.45, 2.75) is 167 Å². The van der Waals surface area contributed by atoms with Gasteiger partial charge in [-0.3, -0.25) is 9.59 Å². The van der Waals surface area contributed by atoms with Gasteiger partial charge in [-0.2, -0.15) is 0 Å². The van der Waals surface area contributed by atoms with Crippen molar-refractivity contribution in [3.8, 4) is 0 Å². The zero-order chi connectivity index (χ0) is 33.6. The van der Waals surface area contributed by atoms with Crippen LogP contribution in [0.1, 0.15) is 155 Å². The monoisotopic (exact) mass is 644 g/mol. The van der Waals surface area contributed by atoms with Crippen molar-refractivity contribution in [3.05, 3.63) is 0 Å². The molecule has 0 radical (unpaired) electrons. The first kappa shape index (κ1) is 43.3. The number of carbonyl (C=O) groups excluding carboxylic acids is 3. The van der Waals surface area contributed by atoms with Crippen LogP contribution in [0.15, 0.2) is 0 Å². The Labute approximate surface area is 275 Å². The van der Waals surface area contributed by atoms with Gasteiger partial charge in [-0.25, -0.2) is 0 Å². The molecule has 0 bridgehead atoms. The molecule has 0 aromatic rings. The van der Waals surface area contributed by atoms with Crippen LogP contribution in [0.4, 0.5) is 0 Å². The van der Waals surface area contributed by atoms with E-state index in [-0.39, 0.29) is 32.2 Å². The van der Waals surface area contributed by atoms with E-state index < -0.39 is 24.3 Å². The van der Waals surface area contributed by atoms with Crippen LogP contribution in [0.25, 0.3) is 0 Å². The third-order valence-corrected chi connectivity index (χ3v) is 7.85. The van der Waals surface area contributed by atoms with E-state index in [1.807, 2.05) is 21.1 Å². The molecule has 2 atom stereocenters. The average Bonchev–Trinajstić information content (AvgIpc) is 2.98. The highest BCUT2D eigenvalue weighted by Crippen LogP contribution is 2.14. The van der Waals surface area contributed by atoms with Crippen LogP contribution in [0.3, 0.4) is 0 Å². The van der Waals surface area contributed by atoms with Gasteiger partial charge in [-0.1, -0.05) is 129 Å². The van der Waals surface area contributed by atoms with Crippen molar-refractivity contribution in [3.63, 3.8) is 0 Å². The highest BCUT2D eigenvalue weighted by atomic mass is 16.7. The van der Waals surface area contributed by atoms with Gasteiger partial charge in [0.05, 0.1) is 40.3 Å². The Morgan fingerprint density at radius 1 is 0.578 bits per heavy atom. The number of aliphatic carboxylic acids is 1. The first-order valence-corrected chi connectivity index (χ1v) is 18.2. The minimum absolute atomic E-state index is 0.152. The molecule has 9 nitrogen and oxygen atoms in total. The normalized spacial score (nSPS) is 13.0. The molecule has 0 spiro atoms. The number of carboxylic acid groups (broad SMARTS) is 1. The number of likely N-dealkylation sites (N-methyl/N-ethyl adjacent to an activating group) is 1. The number of hydrogen-bond acceptors (Lipinski definition) is 8. The van der Waals surface area contributed by atoms with Gasteiger partial charge >= 0.3 is 11.9 Å². The lowest BCUT2D eigenvalue weighted by Crippen LogP contribution is -2.44. The number of esters is 2. The van der Waals surface area contributed by atoms with Gasteiger partial charge < -0.3 is 33.3 Å². The average molecular weight is 644 g/mol. The van der Waals surface area contributed by atoms with Gasteiger partial charge in [0.2, 0.25) is 0 Å². The number of rotatable bonds is 33. The Balaban J connectivity index is 4.41. The molecule has 2 unspecified atom stereocenters. The minimum atomic E-state index is -1.61. The maximum Gasteiger partial charge on any atom is 0.306 e. The smallest absolute Gasteiger partial charge is 0.306 e. The maximum absolute atomic E-state index is 12.6. The fourth-order valence-electron chi connectivity index (χ4n) is 4.95. The first-order valence-electron chi connectivity index (χ1n) is 18.2. The Morgan fingerprint density at radius 2 is 1.00 bits per heavy atom. The molecule has 0 fully saturated rings. The minimum Gasteiger partial charge on any atom is -0.545 e. The number of carbonyl (C=O) groups is 3. The molecular weight excluding hydrogens is 574 g/mol. The molecule has 0 rings (SSSR count). The molecule has 0 aliphatic heterocycles. The van der Waals surface area contributed by atoms with E-state index in [0.29, 0.717) is 17.4 Å². The van der Waals surface area contributed by atoms with Gasteiger partial charge in [0, 0.05) is 12.8 Å². The molecular formula is C36H69NO8. The fraction of sp³-hybridized carbons (Fsp3) is 0.917. The van der Waals surface area contributed by atoms with Crippen LogP contribution in [0.5, 0.6) is 0 Å². The van der Waals surface area contributed by atoms with E-state index in [4.69, 9.17) is 18.9 Å². The molecule has 0 aromatic heterocycles. The Hall–Kier alpha value is -1.71. The summed E-state index contributed by atoms with van der Waals surface area (Å²) >= 11 is 0. The molecule has 0 aliphatic rings. The Kier molecular flexibility index (Phi) is 28.5. The number of hydrogen-bond donors (Lipinski definition) is 0. The third-order valence-electron chi connectivity index (χ3n) is 7.85. The standard InChI is InChI=1S/C36H69NO8/c1-6-8-10-12-13-14-15-16-17-18-19-20-21-23-25-27-34(39)45-32(30-43-33(38)26-24-22-11-9-7-2)31-44-36(35(40)41)42-29-28-37(3,4)5/h32,36H,6-31H2,1-5H3. The second-order valence-electron chi connectivity index (χ2n) is 13.5. The summed E-state index contributed by atoms with van der Waals surface area (Å²) in [5.41, 5.74) is 0. The maximum atomic E-state index is 12.6. The first-order chi connectivity index (χ1) is 21.6. The summed E-state index contributed by atoms with van der Waals surface area (Å²) in [4.78, 5) is 36.4. The summed E-state index contributed by atoms with van der Waals surface area (Å²) < 4.78 is 22.3. The lowest BCUT2D eigenvalue weighted by molar-refractivity contribution is -0.870. The van der Waals surface area contributed by atoms with Crippen LogP contribution in [0, 0.1) is 0 Å². The summed E-state index contributed by atoms with van der Waals surface area (Å²) in [5.74, 6) is -2.29. The second-order valence-corrected chi connectivity index (χ2v) is 13.5. The summed E-state index contributed by atoms with van der Waals surface area (Å²) in [5, 5.41) is 11.6. The molecule has 0 amide bonds. The predicted molar refractivity (Wildman–Crippen MR) is 177 cm³/mol. The van der Waals surface area contributed by atoms with E-state index in [0.717, 1.165) is 51.4 Å². The summed E-state index contributed by atoms with van der Waals surface area (Å²) in [6, 6.07) is 0. The molecule has 0 N–H and O–H groups in total. The van der Waals surface area contributed by atoms with E-state index in [1.54, 1.807) is 0 Å². The van der Waals surface area contributed by atoms with E-state index >= 15 is 0 Å². The molecule has 266 valence electrons. The zero-order valence-corrected chi connectivity index (χ0v) is 29.8. The predicted octanol–water partition coefficient (Wildman–Crippen LogP) is 6.88. The molecule has 0 saturated heterocycles. The Morgan fingerprint density at radius 3 is 1.42 bits per heavy atom. The molecule has 0 saturated carbocycles. The van der Waals surface area contributed by atoms with Gasteiger partial charge in [0.15, 0.2) is 12.4 Å². The molecule has 45 heavy (non-hydrogen) atoms. The molecule has 0 heterocycles. The second kappa shape index (κ2) is 29.7. The van der Waals surface area contributed by atoms with Crippen molar-refractivity contribution in [2.24, 2.45) is 0 Å². The van der Waals surface area contributed by atoms with Gasteiger partial charge in [0.25, 0.3) is 0 Å². The lowest BCUT2D eigenvalue weighted by atomic mass is 10.0. The fourth-order valence-corrected chi connectivity index (χ4v) is 4.95. The highest BCUT2D eigenvalue weighted by Gasteiger charge is 2.21. The number of unbranched alkanes of at least 4 members (excludes halogenated alkanes) is 18. The summed E-state index contributed by atoms with van der Waals surface area (Å²) in [6.07, 6.45) is 21.7. The van der Waals surface area contributed by atoms with E-state index in [2.05, 4.69) is 13.8 Å². The van der Waals surface area contributed by atoms with E-state index in [9.17, 15) is 19.5 Å². The zero-order valence-electron chi connectivity index (χ0n) is 29.8. The number of ether oxygens (including phenoxy) is 4. The number of quaternary nitrogens is 1. The lowest BCUT2D eigenvalue weighted by Gasteiger charge is -2.26. The highest BCUT2D eigenvalue weighted by molar-refractivity contribution is 5.70. The third kappa shape index (κ3) is 30.7. The van der Waals surface area contributed by atoms with Crippen molar-refractivity contribution < 1.29 is 42.9 Å². The van der Waals surface area contributed by atoms with Crippen molar-refractivity contribution in [1.82, 2.24) is 0 Å². The van der Waals surface area contributed by atoms with Gasteiger partial charge in [0.1, 0.15) is 13.2 Å².